The summed E-state index contributed by atoms with van der Waals surface area (Å²) < 4.78 is 0. The van der Waals surface area contributed by atoms with E-state index >= 15 is 0 Å². The van der Waals surface area contributed by atoms with Crippen LogP contribution in [0.25, 0.3) is 21.5 Å². The second-order valence-corrected chi connectivity index (χ2v) is 13.4. The van der Waals surface area contributed by atoms with Crippen LogP contribution in [0.15, 0.2) is 115 Å². The van der Waals surface area contributed by atoms with Gasteiger partial charge in [0.1, 0.15) is 18.1 Å². The predicted octanol–water partition coefficient (Wildman–Crippen LogP) is 4.90. The van der Waals surface area contributed by atoms with Gasteiger partial charge in [0, 0.05) is 32.2 Å². The molecule has 0 saturated carbocycles. The Hall–Kier alpha value is -5.54. The highest BCUT2D eigenvalue weighted by atomic mass is 16.4. The van der Waals surface area contributed by atoms with Crippen molar-refractivity contribution in [3.63, 3.8) is 0 Å². The average molecular weight is 685 g/mol. The lowest BCUT2D eigenvalue weighted by molar-refractivity contribution is -0.144. The van der Waals surface area contributed by atoms with Gasteiger partial charge in [0.15, 0.2) is 0 Å². The molecule has 0 spiro atoms. The highest BCUT2D eigenvalue weighted by Crippen LogP contribution is 2.22. The fraction of sp³-hybridized carbons (Fsp3) is 0.286. The molecule has 9 nitrogen and oxygen atoms in total. The van der Waals surface area contributed by atoms with Crippen molar-refractivity contribution < 1.29 is 24.3 Å². The van der Waals surface area contributed by atoms with Crippen LogP contribution in [-0.2, 0) is 38.4 Å². The first-order valence-electron chi connectivity index (χ1n) is 17.6. The number of carboxylic acids is 1. The molecule has 1 heterocycles. The molecule has 1 saturated heterocycles. The number of amides is 3. The second-order valence-electron chi connectivity index (χ2n) is 13.4. The normalized spacial score (nSPS) is 15.1. The molecule has 3 atom stereocenters. The van der Waals surface area contributed by atoms with Gasteiger partial charge in [-0.1, -0.05) is 115 Å². The molecule has 0 unspecified atom stereocenters. The highest BCUT2D eigenvalue weighted by molar-refractivity contribution is 5.94. The lowest BCUT2D eigenvalue weighted by Gasteiger charge is -2.33. The molecule has 9 heteroatoms. The number of rotatable bonds is 13. The SMILES string of the molecule is CN(C(=O)C1CCNCC1)[C@H](Cc1ccc2ccccc2c1)C(=O)N[C@H](Cc1ccc2ccccc2c1)C(=O)N[C@@H](Cc1ccccc1)C(=O)O. The summed E-state index contributed by atoms with van der Waals surface area (Å²) in [7, 11) is 1.66. The Kier molecular flexibility index (Phi) is 11.4. The third-order valence-corrected chi connectivity index (χ3v) is 9.83. The Morgan fingerprint density at radius 2 is 1.16 bits per heavy atom. The third-order valence-electron chi connectivity index (χ3n) is 9.83. The molecule has 262 valence electrons. The van der Waals surface area contributed by atoms with Gasteiger partial charge >= 0.3 is 5.97 Å². The van der Waals surface area contributed by atoms with Crippen molar-refractivity contribution in [1.82, 2.24) is 20.9 Å². The maximum absolute atomic E-state index is 14.5. The molecule has 6 rings (SSSR count). The van der Waals surface area contributed by atoms with Crippen LogP contribution in [0.5, 0.6) is 0 Å². The zero-order chi connectivity index (χ0) is 35.7. The van der Waals surface area contributed by atoms with Crippen LogP contribution < -0.4 is 16.0 Å². The second kappa shape index (κ2) is 16.4. The van der Waals surface area contributed by atoms with E-state index in [4.69, 9.17) is 0 Å². The first kappa shape index (κ1) is 35.3. The van der Waals surface area contributed by atoms with Gasteiger partial charge in [-0.05, 0) is 64.2 Å². The van der Waals surface area contributed by atoms with Crippen LogP contribution in [0.2, 0.25) is 0 Å². The molecule has 0 radical (unpaired) electrons. The minimum Gasteiger partial charge on any atom is -0.480 e. The van der Waals surface area contributed by atoms with Crippen molar-refractivity contribution in [1.29, 1.82) is 0 Å². The van der Waals surface area contributed by atoms with Crippen molar-refractivity contribution in [3.8, 4) is 0 Å². The van der Waals surface area contributed by atoms with E-state index in [1.54, 1.807) is 7.05 Å². The highest BCUT2D eigenvalue weighted by Gasteiger charge is 2.35. The lowest BCUT2D eigenvalue weighted by atomic mass is 9.94. The maximum atomic E-state index is 14.5. The maximum Gasteiger partial charge on any atom is 0.326 e. The van der Waals surface area contributed by atoms with Crippen molar-refractivity contribution in [2.45, 2.75) is 50.2 Å². The van der Waals surface area contributed by atoms with Crippen molar-refractivity contribution in [2.24, 2.45) is 5.92 Å². The van der Waals surface area contributed by atoms with Crippen LogP contribution in [0.1, 0.15) is 29.5 Å². The monoisotopic (exact) mass is 684 g/mol. The number of fused-ring (bicyclic) bond motifs is 2. The van der Waals surface area contributed by atoms with Gasteiger partial charge in [-0.15, -0.1) is 0 Å². The van der Waals surface area contributed by atoms with Crippen LogP contribution in [-0.4, -0.2) is 72.0 Å². The third kappa shape index (κ3) is 8.98. The topological polar surface area (TPSA) is 128 Å². The predicted molar refractivity (Wildman–Crippen MR) is 199 cm³/mol. The Morgan fingerprint density at radius 1 is 0.647 bits per heavy atom. The fourth-order valence-corrected chi connectivity index (χ4v) is 6.91. The molecule has 1 aliphatic rings. The summed E-state index contributed by atoms with van der Waals surface area (Å²) in [5.41, 5.74) is 2.44. The standard InChI is InChI=1S/C42H44N4O5/c1-46(41(49)33-19-21-43-22-20-33)38(27-30-16-18-32-12-6-8-14-35(32)24-30)40(48)44-36(26-29-15-17-31-11-5-7-13-34(31)23-29)39(47)45-37(42(50)51)25-28-9-3-2-4-10-28/h2-18,23-24,33,36-38,43H,19-22,25-27H2,1H3,(H,44,48)(H,45,47)(H,50,51)/t36-,37+,38-/m1/s1. The largest absolute Gasteiger partial charge is 0.480 e. The molecular weight excluding hydrogens is 640 g/mol. The number of carbonyl (C=O) groups excluding carboxylic acids is 3. The average Bonchev–Trinajstić information content (AvgIpc) is 3.16. The number of nitrogens with zero attached hydrogens (tertiary/aromatic N) is 1. The number of nitrogens with one attached hydrogen (secondary N) is 3. The van der Waals surface area contributed by atoms with Gasteiger partial charge in [-0.25, -0.2) is 4.79 Å². The number of hydrogen-bond acceptors (Lipinski definition) is 5. The minimum absolute atomic E-state index is 0.0800. The molecule has 5 aromatic carbocycles. The van der Waals surface area contributed by atoms with E-state index < -0.39 is 35.9 Å². The van der Waals surface area contributed by atoms with E-state index in [0.29, 0.717) is 12.8 Å². The van der Waals surface area contributed by atoms with Crippen LogP contribution >= 0.6 is 0 Å². The van der Waals surface area contributed by atoms with Crippen molar-refractivity contribution in [3.05, 3.63) is 132 Å². The number of carbonyl (C=O) groups is 4. The summed E-state index contributed by atoms with van der Waals surface area (Å²) >= 11 is 0. The number of likely N-dealkylation sites (N-methyl/N-ethyl adjacent to an activating group) is 1. The molecule has 0 aromatic heterocycles. The number of carboxylic acid groups (broad SMARTS) is 1. The number of hydrogen-bond donors (Lipinski definition) is 4. The van der Waals surface area contributed by atoms with Gasteiger partial charge in [-0.2, -0.15) is 0 Å². The summed E-state index contributed by atoms with van der Waals surface area (Å²) in [4.78, 5) is 56.2. The van der Waals surface area contributed by atoms with E-state index in [1.165, 1.54) is 4.90 Å². The number of piperidine rings is 1. The van der Waals surface area contributed by atoms with E-state index in [0.717, 1.165) is 51.3 Å². The first-order valence-corrected chi connectivity index (χ1v) is 17.6. The zero-order valence-corrected chi connectivity index (χ0v) is 28.8. The minimum atomic E-state index is -1.21. The fourth-order valence-electron chi connectivity index (χ4n) is 6.91. The molecule has 1 aliphatic heterocycles. The summed E-state index contributed by atoms with van der Waals surface area (Å²) in [5.74, 6) is -2.60. The lowest BCUT2D eigenvalue weighted by Crippen LogP contribution is -2.58. The summed E-state index contributed by atoms with van der Waals surface area (Å²) in [5, 5.41) is 23.2. The van der Waals surface area contributed by atoms with E-state index in [1.807, 2.05) is 115 Å². The van der Waals surface area contributed by atoms with Gasteiger partial charge in [0.25, 0.3) is 0 Å². The van der Waals surface area contributed by atoms with E-state index in [-0.39, 0.29) is 31.1 Å². The Labute approximate surface area is 298 Å². The summed E-state index contributed by atoms with van der Waals surface area (Å²) in [6, 6.07) is 33.5. The molecule has 1 fully saturated rings. The first-order chi connectivity index (χ1) is 24.7. The van der Waals surface area contributed by atoms with Gasteiger partial charge in [0.2, 0.25) is 17.7 Å². The smallest absolute Gasteiger partial charge is 0.326 e. The summed E-state index contributed by atoms with van der Waals surface area (Å²) in [6.07, 6.45) is 1.79. The van der Waals surface area contributed by atoms with Gasteiger partial charge in [0.05, 0.1) is 0 Å². The Morgan fingerprint density at radius 3 is 1.75 bits per heavy atom. The van der Waals surface area contributed by atoms with Crippen molar-refractivity contribution in [2.75, 3.05) is 20.1 Å². The van der Waals surface area contributed by atoms with Crippen LogP contribution in [0.4, 0.5) is 0 Å². The molecule has 3 amide bonds. The zero-order valence-electron chi connectivity index (χ0n) is 28.8. The Bertz CT molecular complexity index is 2010. The molecule has 0 bridgehead atoms. The van der Waals surface area contributed by atoms with E-state index in [9.17, 15) is 24.3 Å². The van der Waals surface area contributed by atoms with Gasteiger partial charge < -0.3 is 26.0 Å². The van der Waals surface area contributed by atoms with Crippen LogP contribution in [0.3, 0.4) is 0 Å². The van der Waals surface area contributed by atoms with Crippen molar-refractivity contribution >= 4 is 45.2 Å². The van der Waals surface area contributed by atoms with Crippen LogP contribution in [0, 0.1) is 5.92 Å². The van der Waals surface area contributed by atoms with E-state index in [2.05, 4.69) is 16.0 Å². The quantitative estimate of drug-likeness (QED) is 0.140. The summed E-state index contributed by atoms with van der Waals surface area (Å²) in [6.45, 7) is 1.46. The molecular formula is C42H44N4O5. The number of aliphatic carboxylic acids is 1. The molecule has 4 N–H and O–H groups in total. The molecule has 0 aliphatic carbocycles. The Balaban J connectivity index is 1.30. The molecule has 5 aromatic rings. The van der Waals surface area contributed by atoms with Gasteiger partial charge in [-0.3, -0.25) is 14.4 Å². The number of benzene rings is 5. The molecule has 51 heavy (non-hydrogen) atoms.